The monoisotopic (exact) mass is 143 g/mol. The zero-order valence-electron chi connectivity index (χ0n) is 6.85. The summed E-state index contributed by atoms with van der Waals surface area (Å²) in [5.41, 5.74) is 0.0146. The number of nitrogens with one attached hydrogen (secondary N) is 1. The van der Waals surface area contributed by atoms with Gasteiger partial charge in [0, 0.05) is 5.54 Å². The molecule has 2 N–H and O–H groups in total. The van der Waals surface area contributed by atoms with Crippen LogP contribution in [0, 0.1) is 5.92 Å². The average Bonchev–Trinajstić information content (AvgIpc) is 2.33. The van der Waals surface area contributed by atoms with Crippen LogP contribution in [0.4, 0.5) is 0 Å². The van der Waals surface area contributed by atoms with E-state index in [1.807, 2.05) is 0 Å². The van der Waals surface area contributed by atoms with E-state index in [2.05, 4.69) is 19.2 Å². The minimum atomic E-state index is 0.0146. The Morgan fingerprint density at radius 3 is 2.70 bits per heavy atom. The maximum atomic E-state index is 8.98. The van der Waals surface area contributed by atoms with E-state index in [0.717, 1.165) is 18.9 Å². The van der Waals surface area contributed by atoms with E-state index < -0.39 is 0 Å². The molecule has 0 saturated carbocycles. The minimum absolute atomic E-state index is 0.0146. The van der Waals surface area contributed by atoms with Gasteiger partial charge in [-0.05, 0) is 25.8 Å². The Hall–Kier alpha value is -0.0800. The fraction of sp³-hybridized carbons (Fsp3) is 1.00. The first-order valence-corrected chi connectivity index (χ1v) is 4.06. The summed E-state index contributed by atoms with van der Waals surface area (Å²) in [6.07, 6.45) is 2.35. The van der Waals surface area contributed by atoms with Gasteiger partial charge in [-0.15, -0.1) is 0 Å². The zero-order valence-corrected chi connectivity index (χ0v) is 6.85. The van der Waals surface area contributed by atoms with Gasteiger partial charge in [-0.2, -0.15) is 0 Å². The molecule has 0 aromatic heterocycles. The van der Waals surface area contributed by atoms with E-state index in [1.54, 1.807) is 0 Å². The molecule has 0 bridgehead atoms. The standard InChI is InChI=1S/C8H17NO/c1-3-7-4-8(2,6-10)9-5-7/h7,9-10H,3-6H2,1-2H3. The first-order chi connectivity index (χ1) is 4.70. The van der Waals surface area contributed by atoms with Crippen LogP contribution >= 0.6 is 0 Å². The summed E-state index contributed by atoms with van der Waals surface area (Å²) < 4.78 is 0. The molecular weight excluding hydrogens is 126 g/mol. The molecule has 1 saturated heterocycles. The molecule has 0 radical (unpaired) electrons. The maximum absolute atomic E-state index is 8.98. The molecule has 0 aliphatic carbocycles. The normalized spacial score (nSPS) is 40.5. The van der Waals surface area contributed by atoms with Crippen molar-refractivity contribution in [2.24, 2.45) is 5.92 Å². The predicted octanol–water partition coefficient (Wildman–Crippen LogP) is 0.757. The lowest BCUT2D eigenvalue weighted by atomic mass is 9.94. The molecular formula is C8H17NO. The van der Waals surface area contributed by atoms with Crippen LogP contribution in [-0.2, 0) is 0 Å². The molecule has 2 atom stereocenters. The molecule has 2 heteroatoms. The van der Waals surface area contributed by atoms with Gasteiger partial charge in [-0.25, -0.2) is 0 Å². The molecule has 2 unspecified atom stereocenters. The van der Waals surface area contributed by atoms with Crippen LogP contribution in [0.1, 0.15) is 26.7 Å². The van der Waals surface area contributed by atoms with Crippen LogP contribution in [-0.4, -0.2) is 23.8 Å². The van der Waals surface area contributed by atoms with Crippen LogP contribution in [0.15, 0.2) is 0 Å². The molecule has 60 valence electrons. The third-order valence-electron chi connectivity index (χ3n) is 2.48. The third kappa shape index (κ3) is 1.50. The summed E-state index contributed by atoms with van der Waals surface area (Å²) in [6.45, 7) is 5.63. The van der Waals surface area contributed by atoms with Gasteiger partial charge in [0.05, 0.1) is 6.61 Å². The second-order valence-corrected chi connectivity index (χ2v) is 3.58. The highest BCUT2D eigenvalue weighted by Crippen LogP contribution is 2.24. The fourth-order valence-corrected chi connectivity index (χ4v) is 1.58. The summed E-state index contributed by atoms with van der Waals surface area (Å²) in [5.74, 6) is 0.775. The van der Waals surface area contributed by atoms with Crippen LogP contribution in [0.3, 0.4) is 0 Å². The summed E-state index contributed by atoms with van der Waals surface area (Å²) in [7, 11) is 0. The van der Waals surface area contributed by atoms with Gasteiger partial charge in [0.15, 0.2) is 0 Å². The van der Waals surface area contributed by atoms with Crippen molar-refractivity contribution in [3.8, 4) is 0 Å². The zero-order chi connectivity index (χ0) is 7.61. The highest BCUT2D eigenvalue weighted by atomic mass is 16.3. The number of aliphatic hydroxyl groups excluding tert-OH is 1. The van der Waals surface area contributed by atoms with Crippen molar-refractivity contribution < 1.29 is 5.11 Å². The van der Waals surface area contributed by atoms with Gasteiger partial charge in [0.1, 0.15) is 0 Å². The van der Waals surface area contributed by atoms with Gasteiger partial charge in [0.2, 0.25) is 0 Å². The van der Waals surface area contributed by atoms with Crippen molar-refractivity contribution in [1.29, 1.82) is 0 Å². The SMILES string of the molecule is CCC1CNC(C)(CO)C1. The van der Waals surface area contributed by atoms with E-state index in [1.165, 1.54) is 6.42 Å². The lowest BCUT2D eigenvalue weighted by Crippen LogP contribution is -2.39. The summed E-state index contributed by atoms with van der Waals surface area (Å²) in [4.78, 5) is 0. The Morgan fingerprint density at radius 2 is 2.40 bits per heavy atom. The van der Waals surface area contributed by atoms with Crippen molar-refractivity contribution >= 4 is 0 Å². The summed E-state index contributed by atoms with van der Waals surface area (Å²) in [5, 5.41) is 12.3. The molecule has 10 heavy (non-hydrogen) atoms. The average molecular weight is 143 g/mol. The third-order valence-corrected chi connectivity index (χ3v) is 2.48. The molecule has 1 heterocycles. The molecule has 1 aliphatic rings. The molecule has 0 spiro atoms. The van der Waals surface area contributed by atoms with Crippen molar-refractivity contribution in [2.45, 2.75) is 32.2 Å². The van der Waals surface area contributed by atoms with Gasteiger partial charge in [-0.1, -0.05) is 13.3 Å². The van der Waals surface area contributed by atoms with Crippen LogP contribution < -0.4 is 5.32 Å². The molecule has 0 aromatic rings. The second kappa shape index (κ2) is 2.89. The van der Waals surface area contributed by atoms with Gasteiger partial charge in [-0.3, -0.25) is 0 Å². The Morgan fingerprint density at radius 1 is 1.70 bits per heavy atom. The summed E-state index contributed by atoms with van der Waals surface area (Å²) in [6, 6.07) is 0. The van der Waals surface area contributed by atoms with Crippen molar-refractivity contribution in [2.75, 3.05) is 13.2 Å². The Labute approximate surface area is 62.6 Å². The predicted molar refractivity (Wildman–Crippen MR) is 41.9 cm³/mol. The molecule has 0 aromatic carbocycles. The number of aliphatic hydroxyl groups is 1. The maximum Gasteiger partial charge on any atom is 0.0610 e. The number of hydrogen-bond donors (Lipinski definition) is 2. The molecule has 1 fully saturated rings. The van der Waals surface area contributed by atoms with Gasteiger partial charge < -0.3 is 10.4 Å². The molecule has 0 amide bonds. The van der Waals surface area contributed by atoms with Crippen molar-refractivity contribution in [3.05, 3.63) is 0 Å². The smallest absolute Gasteiger partial charge is 0.0610 e. The molecule has 1 aliphatic heterocycles. The highest BCUT2D eigenvalue weighted by molar-refractivity contribution is 4.91. The van der Waals surface area contributed by atoms with E-state index >= 15 is 0 Å². The highest BCUT2D eigenvalue weighted by Gasteiger charge is 2.32. The summed E-state index contributed by atoms with van der Waals surface area (Å²) >= 11 is 0. The van der Waals surface area contributed by atoms with E-state index in [0.29, 0.717) is 0 Å². The Kier molecular flexibility index (Phi) is 2.32. The lowest BCUT2D eigenvalue weighted by Gasteiger charge is -2.20. The van der Waals surface area contributed by atoms with E-state index in [9.17, 15) is 0 Å². The minimum Gasteiger partial charge on any atom is -0.394 e. The van der Waals surface area contributed by atoms with Crippen LogP contribution in [0.25, 0.3) is 0 Å². The fourth-order valence-electron chi connectivity index (χ4n) is 1.58. The first kappa shape index (κ1) is 8.02. The van der Waals surface area contributed by atoms with Crippen molar-refractivity contribution in [3.63, 3.8) is 0 Å². The van der Waals surface area contributed by atoms with E-state index in [-0.39, 0.29) is 12.1 Å². The van der Waals surface area contributed by atoms with Crippen molar-refractivity contribution in [1.82, 2.24) is 5.32 Å². The first-order valence-electron chi connectivity index (χ1n) is 4.06. The number of hydrogen-bond acceptors (Lipinski definition) is 2. The second-order valence-electron chi connectivity index (χ2n) is 3.58. The van der Waals surface area contributed by atoms with Gasteiger partial charge >= 0.3 is 0 Å². The van der Waals surface area contributed by atoms with E-state index in [4.69, 9.17) is 5.11 Å². The van der Waals surface area contributed by atoms with Crippen LogP contribution in [0.2, 0.25) is 0 Å². The molecule has 2 nitrogen and oxygen atoms in total. The van der Waals surface area contributed by atoms with Crippen LogP contribution in [0.5, 0.6) is 0 Å². The van der Waals surface area contributed by atoms with Gasteiger partial charge in [0.25, 0.3) is 0 Å². The quantitative estimate of drug-likeness (QED) is 0.598. The topological polar surface area (TPSA) is 32.3 Å². The largest absolute Gasteiger partial charge is 0.394 e. The Balaban J connectivity index is 2.41. The Bertz CT molecular complexity index is 116. The number of rotatable bonds is 2. The lowest BCUT2D eigenvalue weighted by molar-refractivity contribution is 0.189. The molecule has 1 rings (SSSR count).